The topological polar surface area (TPSA) is 111 Å². The molecule has 196 valence electrons. The summed E-state index contributed by atoms with van der Waals surface area (Å²) in [5.41, 5.74) is 1.56. The lowest BCUT2D eigenvalue weighted by Crippen LogP contribution is -2.40. The minimum Gasteiger partial charge on any atom is -0.379 e. The highest BCUT2D eigenvalue weighted by Gasteiger charge is 2.28. The molecule has 2 aromatic carbocycles. The summed E-state index contributed by atoms with van der Waals surface area (Å²) in [5.74, 6) is -0.263. The van der Waals surface area contributed by atoms with E-state index >= 15 is 0 Å². The molecule has 9 nitrogen and oxygen atoms in total. The van der Waals surface area contributed by atoms with Crippen LogP contribution in [0.1, 0.15) is 37.3 Å². The van der Waals surface area contributed by atoms with Gasteiger partial charge >= 0.3 is 0 Å². The average Bonchev–Trinajstić information content (AvgIpc) is 3.43. The van der Waals surface area contributed by atoms with Gasteiger partial charge in [0.15, 0.2) is 5.16 Å². The lowest BCUT2D eigenvalue weighted by molar-refractivity contribution is -0.113. The van der Waals surface area contributed by atoms with E-state index in [1.807, 2.05) is 18.2 Å². The molecule has 0 radical (unpaired) electrons. The van der Waals surface area contributed by atoms with Crippen molar-refractivity contribution in [2.45, 2.75) is 48.7 Å². The summed E-state index contributed by atoms with van der Waals surface area (Å²) < 4.78 is 34.8. The highest BCUT2D eigenvalue weighted by molar-refractivity contribution is 7.99. The Balaban J connectivity index is 1.34. The number of aryl methyl sites for hydroxylation is 1. The summed E-state index contributed by atoms with van der Waals surface area (Å²) in [5, 5.41) is 3.93. The first kappa shape index (κ1) is 25.9. The number of anilines is 1. The van der Waals surface area contributed by atoms with Crippen LogP contribution in [0.3, 0.4) is 0 Å². The van der Waals surface area contributed by atoms with Crippen molar-refractivity contribution in [3.05, 3.63) is 58.4 Å². The second-order valence-electron chi connectivity index (χ2n) is 9.36. The molecule has 1 amide bonds. The first-order chi connectivity index (χ1) is 17.8. The van der Waals surface area contributed by atoms with E-state index in [1.54, 1.807) is 29.7 Å². The number of carbonyl (C=O) groups is 1. The zero-order valence-corrected chi connectivity index (χ0v) is 22.3. The largest absolute Gasteiger partial charge is 0.379 e. The molecule has 0 atom stereocenters. The molecule has 1 saturated carbocycles. The average molecular weight is 543 g/mol. The molecule has 0 unspecified atom stereocenters. The first-order valence-corrected chi connectivity index (χ1v) is 14.9. The molecule has 37 heavy (non-hydrogen) atoms. The zero-order valence-electron chi connectivity index (χ0n) is 20.7. The minimum absolute atomic E-state index is 0.0386. The van der Waals surface area contributed by atoms with Crippen molar-refractivity contribution >= 4 is 44.3 Å². The monoisotopic (exact) mass is 542 g/mol. The van der Waals surface area contributed by atoms with Crippen LogP contribution in [0.25, 0.3) is 10.9 Å². The fraction of sp³-hybridized carbons (Fsp3) is 0.423. The van der Waals surface area contributed by atoms with E-state index in [2.05, 4.69) is 5.32 Å². The van der Waals surface area contributed by atoms with Crippen LogP contribution >= 0.6 is 11.8 Å². The van der Waals surface area contributed by atoms with Gasteiger partial charge in [-0.05, 0) is 49.6 Å². The third kappa shape index (κ3) is 5.45. The van der Waals surface area contributed by atoms with Crippen LogP contribution in [0.5, 0.6) is 0 Å². The van der Waals surface area contributed by atoms with Crippen LogP contribution in [0.4, 0.5) is 5.69 Å². The highest BCUT2D eigenvalue weighted by Crippen LogP contribution is 2.32. The van der Waals surface area contributed by atoms with Gasteiger partial charge in [-0.2, -0.15) is 4.31 Å². The molecular formula is C26H30N4O5S2. The Morgan fingerprint density at radius 3 is 2.62 bits per heavy atom. The predicted octanol–water partition coefficient (Wildman–Crippen LogP) is 3.57. The molecule has 3 aromatic rings. The van der Waals surface area contributed by atoms with Crippen molar-refractivity contribution in [3.63, 3.8) is 0 Å². The number of nitrogens with zero attached hydrogens (tertiary/aromatic N) is 3. The number of benzene rings is 2. The summed E-state index contributed by atoms with van der Waals surface area (Å²) in [6.45, 7) is 3.07. The van der Waals surface area contributed by atoms with Gasteiger partial charge in [-0.3, -0.25) is 14.2 Å². The van der Waals surface area contributed by atoms with Crippen LogP contribution in [0.2, 0.25) is 0 Å². The fourth-order valence-electron chi connectivity index (χ4n) is 4.92. The summed E-state index contributed by atoms with van der Waals surface area (Å²) in [4.78, 5) is 31.1. The van der Waals surface area contributed by atoms with E-state index in [1.165, 1.54) is 22.1 Å². The van der Waals surface area contributed by atoms with Crippen LogP contribution in [0.15, 0.2) is 57.3 Å². The number of hydrogen-bond donors (Lipinski definition) is 1. The Hall–Kier alpha value is -2.73. The molecule has 11 heteroatoms. The number of thioether (sulfide) groups is 1. The van der Waals surface area contributed by atoms with E-state index in [0.29, 0.717) is 53.6 Å². The number of hydrogen-bond acceptors (Lipinski definition) is 7. The molecule has 2 fully saturated rings. The third-order valence-electron chi connectivity index (χ3n) is 6.86. The molecule has 1 aromatic heterocycles. The molecule has 2 heterocycles. The quantitative estimate of drug-likeness (QED) is 0.359. The molecule has 1 N–H and O–H groups in total. The number of ether oxygens (including phenoxy) is 1. The highest BCUT2D eigenvalue weighted by atomic mass is 32.2. The summed E-state index contributed by atoms with van der Waals surface area (Å²) in [6, 6.07) is 12.2. The Kier molecular flexibility index (Phi) is 7.66. The van der Waals surface area contributed by atoms with Gasteiger partial charge in [0.1, 0.15) is 0 Å². The van der Waals surface area contributed by atoms with Crippen molar-refractivity contribution in [2.24, 2.45) is 0 Å². The lowest BCUT2D eigenvalue weighted by Gasteiger charge is -2.26. The molecule has 5 rings (SSSR count). The number of carbonyl (C=O) groups excluding carboxylic acids is 1. The maximum Gasteiger partial charge on any atom is 0.262 e. The number of amides is 1. The van der Waals surface area contributed by atoms with Crippen molar-refractivity contribution in [3.8, 4) is 0 Å². The zero-order chi connectivity index (χ0) is 26.0. The molecule has 1 saturated heterocycles. The fourth-order valence-corrected chi connectivity index (χ4v) is 7.45. The number of morpholine rings is 1. The van der Waals surface area contributed by atoms with Crippen LogP contribution in [-0.2, 0) is 19.6 Å². The molecule has 1 aliphatic heterocycles. The van der Waals surface area contributed by atoms with E-state index in [-0.39, 0.29) is 28.2 Å². The number of sulfonamides is 1. The van der Waals surface area contributed by atoms with Crippen LogP contribution in [0, 0.1) is 6.92 Å². The molecule has 0 spiro atoms. The van der Waals surface area contributed by atoms with Gasteiger partial charge < -0.3 is 10.1 Å². The van der Waals surface area contributed by atoms with Crippen molar-refractivity contribution in [1.82, 2.24) is 13.9 Å². The number of nitrogens with one attached hydrogen (secondary N) is 1. The van der Waals surface area contributed by atoms with Gasteiger partial charge in [-0.15, -0.1) is 0 Å². The van der Waals surface area contributed by atoms with E-state index in [0.717, 1.165) is 25.7 Å². The standard InChI is InChI=1S/C26H30N4O5S2/c1-18-10-11-19(16-23(18)37(33,34)29-12-14-35-15-13-29)27-24(31)17-36-26-28-22-9-5-4-8-21(22)25(32)30(26)20-6-2-3-7-20/h4-5,8-11,16,20H,2-3,6-7,12-15,17H2,1H3,(H,27,31). The minimum atomic E-state index is -3.70. The Morgan fingerprint density at radius 1 is 1.14 bits per heavy atom. The van der Waals surface area contributed by atoms with Gasteiger partial charge in [0.25, 0.3) is 5.56 Å². The van der Waals surface area contributed by atoms with E-state index < -0.39 is 10.0 Å². The third-order valence-corrected chi connectivity index (χ3v) is 9.85. The SMILES string of the molecule is Cc1ccc(NC(=O)CSc2nc3ccccc3c(=O)n2C2CCCC2)cc1S(=O)(=O)N1CCOCC1. The molecule has 0 bridgehead atoms. The maximum absolute atomic E-state index is 13.3. The van der Waals surface area contributed by atoms with Crippen LogP contribution in [-0.4, -0.2) is 60.2 Å². The van der Waals surface area contributed by atoms with Gasteiger partial charge in [0.05, 0.1) is 34.8 Å². The predicted molar refractivity (Wildman–Crippen MR) is 144 cm³/mol. The second kappa shape index (κ2) is 10.9. The van der Waals surface area contributed by atoms with Crippen molar-refractivity contribution in [1.29, 1.82) is 0 Å². The Morgan fingerprint density at radius 2 is 1.86 bits per heavy atom. The molecular weight excluding hydrogens is 512 g/mol. The number of fused-ring (bicyclic) bond motifs is 1. The van der Waals surface area contributed by atoms with Crippen molar-refractivity contribution in [2.75, 3.05) is 37.4 Å². The maximum atomic E-state index is 13.3. The Labute approximate surface area is 220 Å². The number of para-hydroxylation sites is 1. The molecule has 1 aliphatic carbocycles. The van der Waals surface area contributed by atoms with Gasteiger partial charge in [-0.1, -0.05) is 42.8 Å². The van der Waals surface area contributed by atoms with Gasteiger partial charge in [0.2, 0.25) is 15.9 Å². The smallest absolute Gasteiger partial charge is 0.262 e. The Bertz CT molecular complexity index is 1480. The second-order valence-corrected chi connectivity index (χ2v) is 12.2. The lowest BCUT2D eigenvalue weighted by atomic mass is 10.2. The van der Waals surface area contributed by atoms with Crippen molar-refractivity contribution < 1.29 is 17.9 Å². The van der Waals surface area contributed by atoms with E-state index in [9.17, 15) is 18.0 Å². The number of rotatable bonds is 7. The normalized spacial score (nSPS) is 17.3. The van der Waals surface area contributed by atoms with Crippen LogP contribution < -0.4 is 10.9 Å². The number of aromatic nitrogens is 2. The first-order valence-electron chi connectivity index (χ1n) is 12.5. The van der Waals surface area contributed by atoms with Gasteiger partial charge in [-0.25, -0.2) is 13.4 Å². The van der Waals surface area contributed by atoms with E-state index in [4.69, 9.17) is 9.72 Å². The summed E-state index contributed by atoms with van der Waals surface area (Å²) >= 11 is 1.23. The summed E-state index contributed by atoms with van der Waals surface area (Å²) in [7, 11) is -3.70. The van der Waals surface area contributed by atoms with Gasteiger partial charge in [0, 0.05) is 24.8 Å². The summed E-state index contributed by atoms with van der Waals surface area (Å²) in [6.07, 6.45) is 3.97. The molecule has 2 aliphatic rings.